The van der Waals surface area contributed by atoms with Gasteiger partial charge in [0.15, 0.2) is 0 Å². The number of nitrogens with zero attached hydrogens (tertiary/aromatic N) is 1. The zero-order chi connectivity index (χ0) is 20.2. The fourth-order valence-corrected chi connectivity index (χ4v) is 3.29. The number of rotatable bonds is 7. The average Bonchev–Trinajstić information content (AvgIpc) is 2.61. The Morgan fingerprint density at radius 1 is 1.00 bits per heavy atom. The van der Waals surface area contributed by atoms with Gasteiger partial charge in [0.05, 0.1) is 7.11 Å². The molecular weight excluding hydrogens is 334 g/mol. The minimum absolute atomic E-state index is 0.0132. The maximum atomic E-state index is 6.32. The minimum Gasteiger partial charge on any atom is -0.496 e. The van der Waals surface area contributed by atoms with Gasteiger partial charge in [0.2, 0.25) is 0 Å². The van der Waals surface area contributed by atoms with E-state index in [9.17, 15) is 0 Å². The Labute approximate surface area is 165 Å². The van der Waals surface area contributed by atoms with Crippen molar-refractivity contribution >= 4 is 5.69 Å². The summed E-state index contributed by atoms with van der Waals surface area (Å²) in [6, 6.07) is 10.5. The molecule has 2 aromatic rings. The van der Waals surface area contributed by atoms with E-state index in [0.29, 0.717) is 0 Å². The summed E-state index contributed by atoms with van der Waals surface area (Å²) < 4.78 is 11.9. The molecule has 0 aliphatic carbocycles. The monoisotopic (exact) mass is 369 g/mol. The fourth-order valence-electron chi connectivity index (χ4n) is 3.29. The molecule has 3 heteroatoms. The summed E-state index contributed by atoms with van der Waals surface area (Å²) in [7, 11) is 3.87. The van der Waals surface area contributed by atoms with E-state index >= 15 is 0 Å². The first-order valence-corrected chi connectivity index (χ1v) is 9.86. The SMILES string of the molecule is CCCCN(C)c1cc(C)c(Oc2ccc(OC)c(C(C)(C)C)c2)c(C)c1. The van der Waals surface area contributed by atoms with Crippen molar-refractivity contribution in [2.75, 3.05) is 25.6 Å². The first kappa shape index (κ1) is 21.1. The van der Waals surface area contributed by atoms with Gasteiger partial charge in [-0.3, -0.25) is 0 Å². The molecule has 0 bridgehead atoms. The van der Waals surface area contributed by atoms with E-state index in [2.05, 4.69) is 71.7 Å². The number of anilines is 1. The lowest BCUT2D eigenvalue weighted by Gasteiger charge is -2.24. The lowest BCUT2D eigenvalue weighted by Crippen LogP contribution is -2.18. The van der Waals surface area contributed by atoms with E-state index in [1.54, 1.807) is 7.11 Å². The number of aryl methyl sites for hydroxylation is 2. The molecule has 0 N–H and O–H groups in total. The second-order valence-corrected chi connectivity index (χ2v) is 8.40. The molecule has 0 heterocycles. The van der Waals surface area contributed by atoms with Crippen LogP contribution in [0, 0.1) is 13.8 Å². The van der Waals surface area contributed by atoms with Crippen LogP contribution in [0.3, 0.4) is 0 Å². The normalized spacial score (nSPS) is 11.4. The summed E-state index contributed by atoms with van der Waals surface area (Å²) in [5.74, 6) is 2.68. The Kier molecular flexibility index (Phi) is 6.80. The number of benzene rings is 2. The van der Waals surface area contributed by atoms with Crippen molar-refractivity contribution < 1.29 is 9.47 Å². The van der Waals surface area contributed by atoms with Crippen molar-refractivity contribution in [1.29, 1.82) is 0 Å². The van der Waals surface area contributed by atoms with Crippen molar-refractivity contribution in [3.8, 4) is 17.2 Å². The van der Waals surface area contributed by atoms with Gasteiger partial charge in [-0.25, -0.2) is 0 Å². The number of hydrogen-bond acceptors (Lipinski definition) is 3. The lowest BCUT2D eigenvalue weighted by atomic mass is 9.86. The topological polar surface area (TPSA) is 21.7 Å². The van der Waals surface area contributed by atoms with Gasteiger partial charge in [-0.15, -0.1) is 0 Å². The van der Waals surface area contributed by atoms with Crippen LogP contribution in [0.25, 0.3) is 0 Å². The Balaban J connectivity index is 2.32. The molecule has 0 aliphatic rings. The molecule has 3 nitrogen and oxygen atoms in total. The van der Waals surface area contributed by atoms with Gasteiger partial charge < -0.3 is 14.4 Å². The molecular formula is C24H35NO2. The van der Waals surface area contributed by atoms with Crippen LogP contribution in [0.2, 0.25) is 0 Å². The van der Waals surface area contributed by atoms with Gasteiger partial charge in [-0.1, -0.05) is 34.1 Å². The van der Waals surface area contributed by atoms with Crippen LogP contribution in [-0.2, 0) is 5.41 Å². The van der Waals surface area contributed by atoms with Gasteiger partial charge in [0.1, 0.15) is 17.2 Å². The van der Waals surface area contributed by atoms with Gasteiger partial charge in [0.25, 0.3) is 0 Å². The largest absolute Gasteiger partial charge is 0.496 e. The first-order chi connectivity index (χ1) is 12.7. The zero-order valence-corrected chi connectivity index (χ0v) is 18.3. The van der Waals surface area contributed by atoms with Crippen LogP contribution >= 0.6 is 0 Å². The third-order valence-electron chi connectivity index (χ3n) is 4.93. The summed E-state index contributed by atoms with van der Waals surface area (Å²) in [6.07, 6.45) is 2.41. The number of hydrogen-bond donors (Lipinski definition) is 0. The highest BCUT2D eigenvalue weighted by Gasteiger charge is 2.20. The van der Waals surface area contributed by atoms with Crippen LogP contribution in [0.15, 0.2) is 30.3 Å². The molecule has 2 rings (SSSR count). The van der Waals surface area contributed by atoms with Crippen molar-refractivity contribution in [1.82, 2.24) is 0 Å². The van der Waals surface area contributed by atoms with Crippen LogP contribution in [0.4, 0.5) is 5.69 Å². The molecule has 27 heavy (non-hydrogen) atoms. The summed E-state index contributed by atoms with van der Waals surface area (Å²) >= 11 is 0. The molecule has 0 radical (unpaired) electrons. The molecule has 0 saturated carbocycles. The number of unbranched alkanes of at least 4 members (excludes halogenated alkanes) is 1. The van der Waals surface area contributed by atoms with Crippen molar-refractivity contribution in [2.24, 2.45) is 0 Å². The van der Waals surface area contributed by atoms with E-state index in [-0.39, 0.29) is 5.41 Å². The molecule has 0 saturated heterocycles. The molecule has 0 atom stereocenters. The summed E-state index contributed by atoms with van der Waals surface area (Å²) in [5, 5.41) is 0. The quantitative estimate of drug-likeness (QED) is 0.546. The van der Waals surface area contributed by atoms with Crippen LogP contribution in [0.1, 0.15) is 57.2 Å². The second-order valence-electron chi connectivity index (χ2n) is 8.40. The molecule has 0 unspecified atom stereocenters. The molecule has 2 aromatic carbocycles. The van der Waals surface area contributed by atoms with Gasteiger partial charge in [0, 0.05) is 24.8 Å². The third-order valence-corrected chi connectivity index (χ3v) is 4.93. The molecule has 0 amide bonds. The predicted molar refractivity (Wildman–Crippen MR) is 116 cm³/mol. The Hall–Kier alpha value is -2.16. The maximum absolute atomic E-state index is 6.32. The second kappa shape index (κ2) is 8.69. The average molecular weight is 370 g/mol. The summed E-state index contributed by atoms with van der Waals surface area (Å²) in [5.41, 5.74) is 4.69. The maximum Gasteiger partial charge on any atom is 0.133 e. The van der Waals surface area contributed by atoms with Crippen molar-refractivity contribution in [3.05, 3.63) is 47.0 Å². The van der Waals surface area contributed by atoms with E-state index in [1.807, 2.05) is 12.1 Å². The van der Waals surface area contributed by atoms with Crippen molar-refractivity contribution in [2.45, 2.75) is 59.8 Å². The fraction of sp³-hybridized carbons (Fsp3) is 0.500. The zero-order valence-electron chi connectivity index (χ0n) is 18.3. The van der Waals surface area contributed by atoms with E-state index in [4.69, 9.17) is 9.47 Å². The lowest BCUT2D eigenvalue weighted by molar-refractivity contribution is 0.394. The highest BCUT2D eigenvalue weighted by molar-refractivity contribution is 5.57. The van der Waals surface area contributed by atoms with Gasteiger partial charge >= 0.3 is 0 Å². The van der Waals surface area contributed by atoms with Crippen molar-refractivity contribution in [3.63, 3.8) is 0 Å². The standard InChI is InChI=1S/C24H35NO2/c1-9-10-13-25(7)19-14-17(2)23(18(3)15-19)27-20-11-12-22(26-8)21(16-20)24(4,5)6/h11-12,14-16H,9-10,13H2,1-8H3. The van der Waals surface area contributed by atoms with Crippen LogP contribution in [0.5, 0.6) is 17.2 Å². The van der Waals surface area contributed by atoms with E-state index in [1.165, 1.54) is 18.5 Å². The highest BCUT2D eigenvalue weighted by Crippen LogP contribution is 2.37. The molecule has 148 valence electrons. The summed E-state index contributed by atoms with van der Waals surface area (Å²) in [4.78, 5) is 2.32. The number of ether oxygens (including phenoxy) is 2. The number of methoxy groups -OCH3 is 1. The first-order valence-electron chi connectivity index (χ1n) is 9.86. The Morgan fingerprint density at radius 2 is 1.63 bits per heavy atom. The molecule has 0 aromatic heterocycles. The smallest absolute Gasteiger partial charge is 0.133 e. The molecule has 0 fully saturated rings. The van der Waals surface area contributed by atoms with E-state index in [0.717, 1.165) is 40.5 Å². The summed E-state index contributed by atoms with van der Waals surface area (Å²) in [6.45, 7) is 14.1. The Morgan fingerprint density at radius 3 is 2.15 bits per heavy atom. The van der Waals surface area contributed by atoms with Gasteiger partial charge in [-0.2, -0.15) is 0 Å². The van der Waals surface area contributed by atoms with Crippen LogP contribution < -0.4 is 14.4 Å². The third kappa shape index (κ3) is 5.18. The Bertz CT molecular complexity index is 751. The van der Waals surface area contributed by atoms with Crippen LogP contribution in [-0.4, -0.2) is 20.7 Å². The van der Waals surface area contributed by atoms with E-state index < -0.39 is 0 Å². The molecule has 0 spiro atoms. The highest BCUT2D eigenvalue weighted by atomic mass is 16.5. The molecule has 0 aliphatic heterocycles. The minimum atomic E-state index is -0.0132. The predicted octanol–water partition coefficient (Wildman–Crippen LogP) is 6.64. The van der Waals surface area contributed by atoms with Gasteiger partial charge in [-0.05, 0) is 67.1 Å².